The van der Waals surface area contributed by atoms with Crippen LogP contribution in [0.25, 0.3) is 0 Å². The second-order valence-corrected chi connectivity index (χ2v) is 4.09. The minimum atomic E-state index is -0.423. The number of esters is 1. The van der Waals surface area contributed by atoms with E-state index in [1.165, 1.54) is 6.92 Å². The first-order valence-corrected chi connectivity index (χ1v) is 5.83. The molecule has 19 heavy (non-hydrogen) atoms. The van der Waals surface area contributed by atoms with E-state index in [1.807, 2.05) is 12.1 Å². The second-order valence-electron chi connectivity index (χ2n) is 4.09. The molecule has 0 saturated carbocycles. The summed E-state index contributed by atoms with van der Waals surface area (Å²) in [7, 11) is 0. The minimum absolute atomic E-state index is 0.340. The summed E-state index contributed by atoms with van der Waals surface area (Å²) in [5.74, 6) is -0.340. The average molecular weight is 255 g/mol. The van der Waals surface area contributed by atoms with Crippen molar-refractivity contribution >= 4 is 5.97 Å². The largest absolute Gasteiger partial charge is 0.441 e. The van der Waals surface area contributed by atoms with Crippen LogP contribution in [-0.2, 0) is 16.0 Å². The standard InChI is InChI=1S/C14H13N3O2/c1-11(18)19-14(17-7-6-16-10-17)8-12-2-4-13(9-15)5-3-12/h2-7,10,14H,8H2,1H3. The second kappa shape index (κ2) is 5.83. The number of hydrogen-bond acceptors (Lipinski definition) is 4. The van der Waals surface area contributed by atoms with Gasteiger partial charge in [-0.3, -0.25) is 4.79 Å². The van der Waals surface area contributed by atoms with Gasteiger partial charge in [-0.05, 0) is 17.7 Å². The van der Waals surface area contributed by atoms with Gasteiger partial charge in [0.1, 0.15) is 0 Å². The summed E-state index contributed by atoms with van der Waals surface area (Å²) >= 11 is 0. The van der Waals surface area contributed by atoms with Crippen LogP contribution in [0.3, 0.4) is 0 Å². The van der Waals surface area contributed by atoms with E-state index >= 15 is 0 Å². The Bertz CT molecular complexity index is 582. The predicted molar refractivity (Wildman–Crippen MR) is 67.9 cm³/mol. The van der Waals surface area contributed by atoms with Gasteiger partial charge in [0.05, 0.1) is 18.0 Å². The fraction of sp³-hybridized carbons (Fsp3) is 0.214. The zero-order chi connectivity index (χ0) is 13.7. The number of aromatic nitrogens is 2. The van der Waals surface area contributed by atoms with Crippen molar-refractivity contribution in [1.29, 1.82) is 5.26 Å². The van der Waals surface area contributed by atoms with Crippen molar-refractivity contribution in [3.63, 3.8) is 0 Å². The third-order valence-electron chi connectivity index (χ3n) is 2.65. The van der Waals surface area contributed by atoms with Gasteiger partial charge >= 0.3 is 5.97 Å². The van der Waals surface area contributed by atoms with E-state index in [0.29, 0.717) is 12.0 Å². The Hall–Kier alpha value is -2.61. The lowest BCUT2D eigenvalue weighted by Gasteiger charge is -2.18. The Balaban J connectivity index is 2.15. The Kier molecular flexibility index (Phi) is 3.94. The highest BCUT2D eigenvalue weighted by atomic mass is 16.6. The van der Waals surface area contributed by atoms with Gasteiger partial charge in [-0.2, -0.15) is 5.26 Å². The quantitative estimate of drug-likeness (QED) is 0.784. The van der Waals surface area contributed by atoms with E-state index in [2.05, 4.69) is 11.1 Å². The van der Waals surface area contributed by atoms with Gasteiger partial charge in [0.25, 0.3) is 0 Å². The number of rotatable bonds is 4. The van der Waals surface area contributed by atoms with Gasteiger partial charge < -0.3 is 9.30 Å². The molecular formula is C14H13N3O2. The van der Waals surface area contributed by atoms with Gasteiger partial charge in [0.15, 0.2) is 6.23 Å². The smallest absolute Gasteiger partial charge is 0.304 e. The fourth-order valence-electron chi connectivity index (χ4n) is 1.76. The van der Waals surface area contributed by atoms with Crippen LogP contribution in [0.4, 0.5) is 0 Å². The van der Waals surface area contributed by atoms with Crippen molar-refractivity contribution in [2.45, 2.75) is 19.6 Å². The van der Waals surface area contributed by atoms with E-state index < -0.39 is 6.23 Å². The Labute approximate surface area is 111 Å². The lowest BCUT2D eigenvalue weighted by molar-refractivity contribution is -0.151. The van der Waals surface area contributed by atoms with Gasteiger partial charge in [-0.1, -0.05) is 12.1 Å². The maximum Gasteiger partial charge on any atom is 0.304 e. The van der Waals surface area contributed by atoms with Crippen molar-refractivity contribution in [3.05, 3.63) is 54.1 Å². The molecule has 0 bridgehead atoms. The molecule has 1 aromatic heterocycles. The van der Waals surface area contributed by atoms with Crippen LogP contribution in [0.5, 0.6) is 0 Å². The zero-order valence-corrected chi connectivity index (χ0v) is 10.5. The van der Waals surface area contributed by atoms with Crippen molar-refractivity contribution < 1.29 is 9.53 Å². The van der Waals surface area contributed by atoms with Crippen molar-refractivity contribution in [1.82, 2.24) is 9.55 Å². The van der Waals surface area contributed by atoms with Crippen LogP contribution in [0, 0.1) is 11.3 Å². The zero-order valence-electron chi connectivity index (χ0n) is 10.5. The summed E-state index contributed by atoms with van der Waals surface area (Å²) in [6, 6.07) is 9.26. The molecule has 0 fully saturated rings. The van der Waals surface area contributed by atoms with Crippen LogP contribution >= 0.6 is 0 Å². The molecule has 0 amide bonds. The summed E-state index contributed by atoms with van der Waals surface area (Å²) in [5, 5.41) is 8.75. The van der Waals surface area contributed by atoms with Crippen molar-refractivity contribution in [2.75, 3.05) is 0 Å². The SMILES string of the molecule is CC(=O)OC(Cc1ccc(C#N)cc1)n1ccnc1. The molecule has 0 aliphatic carbocycles. The fourth-order valence-corrected chi connectivity index (χ4v) is 1.76. The number of imidazole rings is 1. The molecule has 5 nitrogen and oxygen atoms in total. The molecule has 0 radical (unpaired) electrons. The van der Waals surface area contributed by atoms with Crippen LogP contribution in [0.2, 0.25) is 0 Å². The van der Waals surface area contributed by atoms with Gasteiger partial charge in [-0.25, -0.2) is 4.98 Å². The first-order chi connectivity index (χ1) is 9.19. The highest BCUT2D eigenvalue weighted by Gasteiger charge is 2.14. The summed E-state index contributed by atoms with van der Waals surface area (Å²) in [4.78, 5) is 15.1. The molecule has 1 atom stereocenters. The molecule has 0 spiro atoms. The molecule has 96 valence electrons. The Morgan fingerprint density at radius 3 is 2.74 bits per heavy atom. The highest BCUT2D eigenvalue weighted by molar-refractivity contribution is 5.66. The topological polar surface area (TPSA) is 67.9 Å². The number of carbonyl (C=O) groups is 1. The number of hydrogen-bond donors (Lipinski definition) is 0. The van der Waals surface area contributed by atoms with E-state index in [9.17, 15) is 4.79 Å². The molecule has 2 rings (SSSR count). The summed E-state index contributed by atoms with van der Waals surface area (Å²) in [6.45, 7) is 1.38. The molecule has 0 aliphatic rings. The summed E-state index contributed by atoms with van der Waals surface area (Å²) in [6.07, 6.45) is 5.10. The maximum atomic E-state index is 11.1. The number of ether oxygens (including phenoxy) is 1. The third kappa shape index (κ3) is 3.42. The first kappa shape index (κ1) is 12.8. The molecule has 5 heteroatoms. The van der Waals surface area contributed by atoms with Gasteiger partial charge in [0.2, 0.25) is 0 Å². The van der Waals surface area contributed by atoms with Crippen LogP contribution < -0.4 is 0 Å². The van der Waals surface area contributed by atoms with E-state index in [1.54, 1.807) is 35.4 Å². The maximum absolute atomic E-state index is 11.1. The predicted octanol–water partition coefficient (Wildman–Crippen LogP) is 2.06. The molecule has 0 saturated heterocycles. The lowest BCUT2D eigenvalue weighted by atomic mass is 10.1. The molecule has 1 unspecified atom stereocenters. The number of benzene rings is 1. The number of nitrogens with zero attached hydrogens (tertiary/aromatic N) is 3. The van der Waals surface area contributed by atoms with Gasteiger partial charge in [0, 0.05) is 25.7 Å². The van der Waals surface area contributed by atoms with Crippen LogP contribution in [0.15, 0.2) is 43.0 Å². The molecule has 1 heterocycles. The Morgan fingerprint density at radius 1 is 1.47 bits per heavy atom. The van der Waals surface area contributed by atoms with Crippen molar-refractivity contribution in [3.8, 4) is 6.07 Å². The van der Waals surface area contributed by atoms with Crippen LogP contribution in [-0.4, -0.2) is 15.5 Å². The molecule has 0 aliphatic heterocycles. The number of carbonyl (C=O) groups excluding carboxylic acids is 1. The van der Waals surface area contributed by atoms with E-state index in [4.69, 9.17) is 10.00 Å². The number of nitriles is 1. The normalized spacial score (nSPS) is 11.6. The average Bonchev–Trinajstić information content (AvgIpc) is 2.92. The Morgan fingerprint density at radius 2 is 2.21 bits per heavy atom. The third-order valence-corrected chi connectivity index (χ3v) is 2.65. The minimum Gasteiger partial charge on any atom is -0.441 e. The summed E-state index contributed by atoms with van der Waals surface area (Å²) in [5.41, 5.74) is 1.59. The lowest BCUT2D eigenvalue weighted by Crippen LogP contribution is -2.17. The highest BCUT2D eigenvalue weighted by Crippen LogP contribution is 2.16. The van der Waals surface area contributed by atoms with E-state index in [0.717, 1.165) is 5.56 Å². The molecular weight excluding hydrogens is 242 g/mol. The summed E-state index contributed by atoms with van der Waals surface area (Å²) < 4.78 is 7.01. The molecule has 0 N–H and O–H groups in total. The molecule has 2 aromatic rings. The molecule has 1 aromatic carbocycles. The van der Waals surface area contributed by atoms with E-state index in [-0.39, 0.29) is 5.97 Å². The monoisotopic (exact) mass is 255 g/mol. The van der Waals surface area contributed by atoms with Crippen molar-refractivity contribution in [2.24, 2.45) is 0 Å². The van der Waals surface area contributed by atoms with Crippen LogP contribution in [0.1, 0.15) is 24.3 Å². The van der Waals surface area contributed by atoms with Gasteiger partial charge in [-0.15, -0.1) is 0 Å². The first-order valence-electron chi connectivity index (χ1n) is 5.83.